The Labute approximate surface area is 126 Å². The summed E-state index contributed by atoms with van der Waals surface area (Å²) in [5.41, 5.74) is 7.05. The van der Waals surface area contributed by atoms with Gasteiger partial charge in [0.2, 0.25) is 0 Å². The first kappa shape index (κ1) is 14.7. The summed E-state index contributed by atoms with van der Waals surface area (Å²) < 4.78 is 5.14. The van der Waals surface area contributed by atoms with Gasteiger partial charge in [-0.05, 0) is 30.3 Å². The maximum Gasteiger partial charge on any atom is 0.259 e. The molecular formula is C15H12ClN3O2. The normalized spacial score (nSPS) is 9.76. The minimum absolute atomic E-state index is 0.279. The highest BCUT2D eigenvalue weighted by Gasteiger charge is 2.16. The Morgan fingerprint density at radius 2 is 2.14 bits per heavy atom. The summed E-state index contributed by atoms with van der Waals surface area (Å²) in [7, 11) is 1.43. The highest BCUT2D eigenvalue weighted by Crippen LogP contribution is 2.27. The number of methoxy groups -OCH3 is 1. The van der Waals surface area contributed by atoms with Crippen LogP contribution in [0.15, 0.2) is 36.4 Å². The molecule has 0 atom stereocenters. The summed E-state index contributed by atoms with van der Waals surface area (Å²) in [6.45, 7) is 0. The van der Waals surface area contributed by atoms with Crippen LogP contribution in [-0.4, -0.2) is 13.0 Å². The number of carbonyl (C=O) groups excluding carboxylic acids is 1. The van der Waals surface area contributed by atoms with Gasteiger partial charge in [-0.3, -0.25) is 4.79 Å². The van der Waals surface area contributed by atoms with Crippen molar-refractivity contribution in [1.82, 2.24) is 0 Å². The predicted molar refractivity (Wildman–Crippen MR) is 81.5 cm³/mol. The number of nitrogens with zero attached hydrogens (tertiary/aromatic N) is 1. The average molecular weight is 302 g/mol. The molecule has 3 N–H and O–H groups in total. The van der Waals surface area contributed by atoms with Crippen molar-refractivity contribution in [3.05, 3.63) is 52.5 Å². The molecule has 0 fully saturated rings. The Kier molecular flexibility index (Phi) is 4.31. The Morgan fingerprint density at radius 1 is 1.38 bits per heavy atom. The van der Waals surface area contributed by atoms with Crippen molar-refractivity contribution in [2.24, 2.45) is 0 Å². The lowest BCUT2D eigenvalue weighted by molar-refractivity contribution is 0.102. The van der Waals surface area contributed by atoms with Crippen LogP contribution in [-0.2, 0) is 0 Å². The van der Waals surface area contributed by atoms with Crippen LogP contribution in [0.3, 0.4) is 0 Å². The van der Waals surface area contributed by atoms with E-state index in [0.717, 1.165) is 0 Å². The first-order valence-electron chi connectivity index (χ1n) is 6.00. The fraction of sp³-hybridized carbons (Fsp3) is 0.0667. The van der Waals surface area contributed by atoms with Crippen LogP contribution in [0.1, 0.15) is 15.9 Å². The molecule has 2 aromatic carbocycles. The van der Waals surface area contributed by atoms with Gasteiger partial charge in [0.25, 0.3) is 5.91 Å². The summed E-state index contributed by atoms with van der Waals surface area (Å²) in [5, 5.41) is 12.1. The molecule has 0 aromatic heterocycles. The maximum absolute atomic E-state index is 12.3. The molecule has 0 aliphatic rings. The fourth-order valence-electron chi connectivity index (χ4n) is 1.87. The van der Waals surface area contributed by atoms with Crippen molar-refractivity contribution in [2.75, 3.05) is 18.2 Å². The van der Waals surface area contributed by atoms with Crippen LogP contribution < -0.4 is 15.8 Å². The second-order valence-electron chi connectivity index (χ2n) is 4.18. The predicted octanol–water partition coefficient (Wildman–Crippen LogP) is 3.05. The van der Waals surface area contributed by atoms with E-state index in [4.69, 9.17) is 27.3 Å². The van der Waals surface area contributed by atoms with Crippen molar-refractivity contribution in [3.63, 3.8) is 0 Å². The number of nitrogen functional groups attached to an aromatic ring is 1. The van der Waals surface area contributed by atoms with Crippen LogP contribution >= 0.6 is 11.6 Å². The number of nitrogens with one attached hydrogen (secondary N) is 1. The molecule has 0 bridgehead atoms. The van der Waals surface area contributed by atoms with Crippen molar-refractivity contribution in [1.29, 1.82) is 5.26 Å². The van der Waals surface area contributed by atoms with Gasteiger partial charge in [-0.1, -0.05) is 17.7 Å². The molecular weight excluding hydrogens is 290 g/mol. The summed E-state index contributed by atoms with van der Waals surface area (Å²) in [5.74, 6) is -0.145. The Hall–Kier alpha value is -2.71. The Bertz CT molecular complexity index is 738. The standard InChI is InChI=1S/C15H12ClN3O2/c1-21-14-11(3-2-4-12(14)18)15(20)19-13-7-10(16)6-5-9(13)8-17/h2-7H,18H2,1H3,(H,19,20). The third-order valence-electron chi connectivity index (χ3n) is 2.84. The van der Waals surface area contributed by atoms with Gasteiger partial charge in [0.1, 0.15) is 6.07 Å². The molecule has 2 rings (SSSR count). The van der Waals surface area contributed by atoms with Crippen LogP contribution in [0.2, 0.25) is 5.02 Å². The van der Waals surface area contributed by atoms with Gasteiger partial charge < -0.3 is 15.8 Å². The first-order chi connectivity index (χ1) is 10.1. The maximum atomic E-state index is 12.3. The van der Waals surface area contributed by atoms with Crippen molar-refractivity contribution < 1.29 is 9.53 Å². The molecule has 2 aromatic rings. The lowest BCUT2D eigenvalue weighted by atomic mass is 10.1. The van der Waals surface area contributed by atoms with E-state index < -0.39 is 5.91 Å². The number of benzene rings is 2. The molecule has 0 unspecified atom stereocenters. The van der Waals surface area contributed by atoms with E-state index >= 15 is 0 Å². The number of nitriles is 1. The van der Waals surface area contributed by atoms with Crippen LogP contribution in [0.5, 0.6) is 5.75 Å². The van der Waals surface area contributed by atoms with Gasteiger partial charge in [0.05, 0.1) is 29.6 Å². The highest BCUT2D eigenvalue weighted by atomic mass is 35.5. The minimum atomic E-state index is -0.432. The zero-order valence-corrected chi connectivity index (χ0v) is 11.9. The molecule has 0 saturated heterocycles. The third kappa shape index (κ3) is 3.07. The molecule has 0 aliphatic carbocycles. The van der Waals surface area contributed by atoms with E-state index in [1.54, 1.807) is 24.3 Å². The fourth-order valence-corrected chi connectivity index (χ4v) is 2.04. The largest absolute Gasteiger partial charge is 0.494 e. The number of ether oxygens (including phenoxy) is 1. The number of amides is 1. The molecule has 0 radical (unpaired) electrons. The van der Waals surface area contributed by atoms with Crippen molar-refractivity contribution in [3.8, 4) is 11.8 Å². The number of hydrogen-bond donors (Lipinski definition) is 2. The molecule has 106 valence electrons. The minimum Gasteiger partial charge on any atom is -0.494 e. The highest BCUT2D eigenvalue weighted by molar-refractivity contribution is 6.31. The van der Waals surface area contributed by atoms with Gasteiger partial charge in [0, 0.05) is 5.02 Å². The summed E-state index contributed by atoms with van der Waals surface area (Å²) >= 11 is 5.88. The van der Waals surface area contributed by atoms with E-state index in [-0.39, 0.29) is 11.3 Å². The van der Waals surface area contributed by atoms with Gasteiger partial charge in [-0.15, -0.1) is 0 Å². The number of rotatable bonds is 3. The first-order valence-corrected chi connectivity index (χ1v) is 6.38. The number of nitrogens with two attached hydrogens (primary N) is 1. The quantitative estimate of drug-likeness (QED) is 0.853. The topological polar surface area (TPSA) is 88.1 Å². The van der Waals surface area contributed by atoms with Gasteiger partial charge in [0.15, 0.2) is 5.75 Å². The van der Waals surface area contributed by atoms with Crippen molar-refractivity contribution in [2.45, 2.75) is 0 Å². The second-order valence-corrected chi connectivity index (χ2v) is 4.62. The average Bonchev–Trinajstić information content (AvgIpc) is 2.47. The van der Waals surface area contributed by atoms with E-state index in [2.05, 4.69) is 5.32 Å². The molecule has 0 spiro atoms. The third-order valence-corrected chi connectivity index (χ3v) is 3.08. The molecule has 6 heteroatoms. The Morgan fingerprint density at radius 3 is 2.81 bits per heavy atom. The van der Waals surface area contributed by atoms with Crippen molar-refractivity contribution >= 4 is 28.9 Å². The molecule has 0 saturated carbocycles. The summed E-state index contributed by atoms with van der Waals surface area (Å²) in [6, 6.07) is 11.5. The van der Waals surface area contributed by atoms with Gasteiger partial charge >= 0.3 is 0 Å². The number of para-hydroxylation sites is 1. The Balaban J connectivity index is 2.38. The number of halogens is 1. The van der Waals surface area contributed by atoms with E-state index in [0.29, 0.717) is 22.0 Å². The zero-order chi connectivity index (χ0) is 15.4. The van der Waals surface area contributed by atoms with E-state index in [9.17, 15) is 4.79 Å². The van der Waals surface area contributed by atoms with E-state index in [1.807, 2.05) is 6.07 Å². The zero-order valence-electron chi connectivity index (χ0n) is 11.2. The van der Waals surface area contributed by atoms with Crippen LogP contribution in [0, 0.1) is 11.3 Å². The monoisotopic (exact) mass is 301 g/mol. The summed E-state index contributed by atoms with van der Waals surface area (Å²) in [4.78, 5) is 12.3. The second kappa shape index (κ2) is 6.16. The molecule has 0 aliphatic heterocycles. The molecule has 1 amide bonds. The number of carbonyl (C=O) groups is 1. The lowest BCUT2D eigenvalue weighted by Crippen LogP contribution is -2.14. The van der Waals surface area contributed by atoms with Gasteiger partial charge in [-0.2, -0.15) is 5.26 Å². The summed E-state index contributed by atoms with van der Waals surface area (Å²) in [6.07, 6.45) is 0. The van der Waals surface area contributed by atoms with Crippen LogP contribution in [0.25, 0.3) is 0 Å². The SMILES string of the molecule is COc1c(N)cccc1C(=O)Nc1cc(Cl)ccc1C#N. The van der Waals surface area contributed by atoms with Gasteiger partial charge in [-0.25, -0.2) is 0 Å². The molecule has 21 heavy (non-hydrogen) atoms. The molecule has 5 nitrogen and oxygen atoms in total. The smallest absolute Gasteiger partial charge is 0.259 e. The lowest BCUT2D eigenvalue weighted by Gasteiger charge is -2.12. The van der Waals surface area contributed by atoms with Crippen LogP contribution in [0.4, 0.5) is 11.4 Å². The molecule has 0 heterocycles. The number of hydrogen-bond acceptors (Lipinski definition) is 4. The number of anilines is 2. The van der Waals surface area contributed by atoms with E-state index in [1.165, 1.54) is 19.2 Å².